The predicted molar refractivity (Wildman–Crippen MR) is 102 cm³/mol. The summed E-state index contributed by atoms with van der Waals surface area (Å²) < 4.78 is 5.12. The van der Waals surface area contributed by atoms with Crippen LogP contribution in [0.5, 0.6) is 0 Å². The molecule has 0 bridgehead atoms. The number of amides is 2. The van der Waals surface area contributed by atoms with E-state index in [4.69, 9.17) is 4.42 Å². The normalized spacial score (nSPS) is 11.9. The quantitative estimate of drug-likeness (QED) is 0.501. The number of carbonyl (C=O) groups excluding carboxylic acids is 2. The second-order valence-electron chi connectivity index (χ2n) is 5.83. The zero-order valence-corrected chi connectivity index (χ0v) is 14.5. The van der Waals surface area contributed by atoms with Gasteiger partial charge >= 0.3 is 0 Å². The van der Waals surface area contributed by atoms with Crippen LogP contribution < -0.4 is 10.7 Å². The first kappa shape index (κ1) is 18.1. The number of hydrogen-bond acceptors (Lipinski definition) is 4. The number of nitrogens with one attached hydrogen (secondary N) is 2. The van der Waals surface area contributed by atoms with Crippen LogP contribution in [0.3, 0.4) is 0 Å². The van der Waals surface area contributed by atoms with Gasteiger partial charge in [0.05, 0.1) is 12.5 Å². The third-order valence-electron chi connectivity index (χ3n) is 3.85. The molecule has 0 aliphatic rings. The molecule has 3 rings (SSSR count). The fourth-order valence-electron chi connectivity index (χ4n) is 2.49. The average molecular weight is 361 g/mol. The lowest BCUT2D eigenvalue weighted by molar-refractivity contribution is -0.122. The van der Waals surface area contributed by atoms with Gasteiger partial charge in [0.2, 0.25) is 0 Å². The van der Waals surface area contributed by atoms with E-state index >= 15 is 0 Å². The summed E-state index contributed by atoms with van der Waals surface area (Å²) in [6.07, 6.45) is 3.26. The van der Waals surface area contributed by atoms with E-state index in [1.165, 1.54) is 12.5 Å². The van der Waals surface area contributed by atoms with E-state index in [9.17, 15) is 9.59 Å². The van der Waals surface area contributed by atoms with Gasteiger partial charge in [-0.1, -0.05) is 48.5 Å². The topological polar surface area (TPSA) is 83.7 Å². The summed E-state index contributed by atoms with van der Waals surface area (Å²) in [7, 11) is 0. The Morgan fingerprint density at radius 1 is 0.963 bits per heavy atom. The minimum Gasteiger partial charge on any atom is -0.463 e. The monoisotopic (exact) mass is 361 g/mol. The third-order valence-corrected chi connectivity index (χ3v) is 3.85. The van der Waals surface area contributed by atoms with Gasteiger partial charge in [0.1, 0.15) is 11.8 Å². The van der Waals surface area contributed by atoms with Gasteiger partial charge in [0, 0.05) is 12.0 Å². The molecular formula is C21H19N3O3. The van der Waals surface area contributed by atoms with Gasteiger partial charge < -0.3 is 9.73 Å². The summed E-state index contributed by atoms with van der Waals surface area (Å²) in [6.45, 7) is 0. The number of hydrogen-bond donors (Lipinski definition) is 2. The van der Waals surface area contributed by atoms with E-state index in [2.05, 4.69) is 15.8 Å². The Morgan fingerprint density at radius 3 is 2.33 bits per heavy atom. The lowest BCUT2D eigenvalue weighted by Gasteiger charge is -2.17. The molecule has 27 heavy (non-hydrogen) atoms. The summed E-state index contributed by atoms with van der Waals surface area (Å²) in [5.41, 5.74) is 3.87. The van der Waals surface area contributed by atoms with Crippen LogP contribution in [0.2, 0.25) is 0 Å². The Kier molecular flexibility index (Phi) is 6.14. The minimum atomic E-state index is -0.770. The lowest BCUT2D eigenvalue weighted by atomic mass is 10.0. The van der Waals surface area contributed by atoms with Crippen molar-refractivity contribution >= 4 is 18.0 Å². The number of nitrogens with zero attached hydrogens (tertiary/aromatic N) is 1. The maximum atomic E-state index is 12.6. The summed E-state index contributed by atoms with van der Waals surface area (Å²) in [5.74, 6) is -0.212. The van der Waals surface area contributed by atoms with Gasteiger partial charge in [0.15, 0.2) is 0 Å². The molecule has 0 saturated heterocycles. The highest BCUT2D eigenvalue weighted by molar-refractivity contribution is 5.97. The average Bonchev–Trinajstić information content (AvgIpc) is 3.22. The van der Waals surface area contributed by atoms with Crippen LogP contribution in [0, 0.1) is 0 Å². The lowest BCUT2D eigenvalue weighted by Crippen LogP contribution is -2.46. The van der Waals surface area contributed by atoms with Crippen LogP contribution in [-0.4, -0.2) is 24.1 Å². The first-order valence-electron chi connectivity index (χ1n) is 8.48. The molecule has 3 aromatic rings. The smallest absolute Gasteiger partial charge is 0.262 e. The molecule has 1 aromatic heterocycles. The van der Waals surface area contributed by atoms with Crippen molar-refractivity contribution in [3.05, 3.63) is 95.9 Å². The van der Waals surface area contributed by atoms with Crippen molar-refractivity contribution in [2.45, 2.75) is 12.5 Å². The van der Waals surface area contributed by atoms with Crippen LogP contribution in [0.4, 0.5) is 0 Å². The fourth-order valence-corrected chi connectivity index (χ4v) is 2.49. The Morgan fingerprint density at radius 2 is 1.67 bits per heavy atom. The van der Waals surface area contributed by atoms with Crippen LogP contribution in [0.15, 0.2) is 88.6 Å². The van der Waals surface area contributed by atoms with Crippen LogP contribution in [0.1, 0.15) is 21.7 Å². The molecule has 0 radical (unpaired) electrons. The molecule has 0 saturated carbocycles. The van der Waals surface area contributed by atoms with Crippen LogP contribution in [0.25, 0.3) is 0 Å². The molecule has 2 aromatic carbocycles. The van der Waals surface area contributed by atoms with Crippen molar-refractivity contribution in [2.24, 2.45) is 5.10 Å². The molecule has 1 heterocycles. The molecule has 1 unspecified atom stereocenters. The Balaban J connectivity index is 1.70. The highest BCUT2D eigenvalue weighted by Gasteiger charge is 2.21. The maximum absolute atomic E-state index is 12.6. The van der Waals surface area contributed by atoms with E-state index in [0.717, 1.165) is 5.56 Å². The van der Waals surface area contributed by atoms with E-state index < -0.39 is 11.9 Å². The van der Waals surface area contributed by atoms with E-state index in [-0.39, 0.29) is 5.91 Å². The molecule has 136 valence electrons. The highest BCUT2D eigenvalue weighted by Crippen LogP contribution is 2.06. The summed E-state index contributed by atoms with van der Waals surface area (Å²) in [5, 5.41) is 6.66. The van der Waals surface area contributed by atoms with Crippen molar-refractivity contribution in [1.82, 2.24) is 10.7 Å². The van der Waals surface area contributed by atoms with Crippen molar-refractivity contribution in [3.63, 3.8) is 0 Å². The van der Waals surface area contributed by atoms with E-state index in [1.807, 2.05) is 36.4 Å². The van der Waals surface area contributed by atoms with Crippen molar-refractivity contribution < 1.29 is 14.0 Å². The van der Waals surface area contributed by atoms with Gasteiger partial charge in [-0.3, -0.25) is 9.59 Å². The first-order chi connectivity index (χ1) is 13.2. The highest BCUT2D eigenvalue weighted by atomic mass is 16.3. The first-order valence-corrected chi connectivity index (χ1v) is 8.48. The molecule has 2 N–H and O–H groups in total. The van der Waals surface area contributed by atoms with Crippen LogP contribution in [-0.2, 0) is 11.2 Å². The largest absolute Gasteiger partial charge is 0.463 e. The SMILES string of the molecule is O=C(NC(Cc1ccccc1)C(=O)NN=Cc1ccco1)c1ccccc1. The zero-order valence-electron chi connectivity index (χ0n) is 14.5. The predicted octanol–water partition coefficient (Wildman–Crippen LogP) is 2.77. The van der Waals surface area contributed by atoms with E-state index in [1.54, 1.807) is 36.4 Å². The van der Waals surface area contributed by atoms with Gasteiger partial charge in [-0.2, -0.15) is 5.10 Å². The summed E-state index contributed by atoms with van der Waals surface area (Å²) in [6, 6.07) is 20.9. The number of rotatable bonds is 7. The second kappa shape index (κ2) is 9.15. The minimum absolute atomic E-state index is 0.318. The molecular weight excluding hydrogens is 342 g/mol. The maximum Gasteiger partial charge on any atom is 0.262 e. The molecule has 6 nitrogen and oxygen atoms in total. The van der Waals surface area contributed by atoms with Gasteiger partial charge in [-0.25, -0.2) is 5.43 Å². The number of carbonyl (C=O) groups is 2. The van der Waals surface area contributed by atoms with Crippen molar-refractivity contribution in [2.75, 3.05) is 0 Å². The summed E-state index contributed by atoms with van der Waals surface area (Å²) in [4.78, 5) is 25.0. The standard InChI is InChI=1S/C21H19N3O3/c25-20(17-10-5-2-6-11-17)23-19(14-16-8-3-1-4-9-16)21(26)24-22-15-18-12-7-13-27-18/h1-13,15,19H,14H2,(H,23,25)(H,24,26). The Bertz CT molecular complexity index is 891. The molecule has 0 spiro atoms. The molecule has 0 fully saturated rings. The third kappa shape index (κ3) is 5.40. The molecule has 6 heteroatoms. The van der Waals surface area contributed by atoms with Gasteiger partial charge in [0.25, 0.3) is 11.8 Å². The molecule has 0 aliphatic carbocycles. The molecule has 0 aliphatic heterocycles. The van der Waals surface area contributed by atoms with E-state index in [0.29, 0.717) is 17.7 Å². The number of furan rings is 1. The van der Waals surface area contributed by atoms with Gasteiger partial charge in [-0.05, 0) is 29.8 Å². The number of hydrazone groups is 1. The second-order valence-corrected chi connectivity index (χ2v) is 5.83. The Labute approximate surface area is 156 Å². The molecule has 2 amide bonds. The molecule has 1 atom stereocenters. The van der Waals surface area contributed by atoms with Gasteiger partial charge in [-0.15, -0.1) is 0 Å². The zero-order chi connectivity index (χ0) is 18.9. The summed E-state index contributed by atoms with van der Waals surface area (Å²) >= 11 is 0. The fraction of sp³-hybridized carbons (Fsp3) is 0.0952. The number of benzene rings is 2. The van der Waals surface area contributed by atoms with Crippen molar-refractivity contribution in [1.29, 1.82) is 0 Å². The van der Waals surface area contributed by atoms with Crippen LogP contribution >= 0.6 is 0 Å². The Hall–Kier alpha value is -3.67. The van der Waals surface area contributed by atoms with Crippen molar-refractivity contribution in [3.8, 4) is 0 Å².